The summed E-state index contributed by atoms with van der Waals surface area (Å²) in [6, 6.07) is 5.78. The van der Waals surface area contributed by atoms with Crippen molar-refractivity contribution in [3.8, 4) is 0 Å². The Morgan fingerprint density at radius 3 is 2.30 bits per heavy atom. The topological polar surface area (TPSA) is 76.2 Å². The van der Waals surface area contributed by atoms with Crippen molar-refractivity contribution in [3.63, 3.8) is 0 Å². The summed E-state index contributed by atoms with van der Waals surface area (Å²) in [6.45, 7) is 9.83. The molecule has 1 aromatic carbocycles. The van der Waals surface area contributed by atoms with E-state index in [1.54, 1.807) is 6.07 Å². The average Bonchev–Trinajstić information content (AvgIpc) is 3.60. The van der Waals surface area contributed by atoms with Gasteiger partial charge in [-0.3, -0.25) is 4.79 Å². The Bertz CT molecular complexity index is 864. The molecule has 1 heterocycles. The Balaban J connectivity index is 1.46. The lowest BCUT2D eigenvalue weighted by Gasteiger charge is -2.35. The Morgan fingerprint density at radius 2 is 1.76 bits per heavy atom. The van der Waals surface area contributed by atoms with Gasteiger partial charge in [-0.2, -0.15) is 0 Å². The summed E-state index contributed by atoms with van der Waals surface area (Å²) >= 11 is 0. The zero-order chi connectivity index (χ0) is 24.2. The van der Waals surface area contributed by atoms with Crippen LogP contribution in [0, 0.1) is 12.8 Å². The molecule has 182 valence electrons. The van der Waals surface area contributed by atoms with Crippen molar-refractivity contribution in [1.29, 1.82) is 0 Å². The summed E-state index contributed by atoms with van der Waals surface area (Å²) in [7, 11) is 1.37. The van der Waals surface area contributed by atoms with Crippen LogP contribution in [0.2, 0.25) is 0 Å². The van der Waals surface area contributed by atoms with Crippen molar-refractivity contribution in [2.24, 2.45) is 5.92 Å². The van der Waals surface area contributed by atoms with Crippen LogP contribution in [-0.4, -0.2) is 66.2 Å². The van der Waals surface area contributed by atoms with Crippen molar-refractivity contribution >= 4 is 18.0 Å². The summed E-state index contributed by atoms with van der Waals surface area (Å²) in [5.41, 5.74) is 2.10. The minimum Gasteiger partial charge on any atom is -0.465 e. The SMILES string of the molecule is COC(=O)c1ccc(CCC(=O)N2CCC(CN(C(=O)OC(C)(C)C)C3CC3)CC2)c(C)c1. The average molecular weight is 459 g/mol. The van der Waals surface area contributed by atoms with E-state index in [0.29, 0.717) is 36.9 Å². The van der Waals surface area contributed by atoms with Crippen LogP contribution in [0.5, 0.6) is 0 Å². The predicted octanol–water partition coefficient (Wildman–Crippen LogP) is 4.35. The zero-order valence-electron chi connectivity index (χ0n) is 20.7. The first-order chi connectivity index (χ1) is 15.6. The van der Waals surface area contributed by atoms with Crippen molar-refractivity contribution in [1.82, 2.24) is 9.80 Å². The minimum absolute atomic E-state index is 0.163. The highest BCUT2D eigenvalue weighted by molar-refractivity contribution is 5.89. The third kappa shape index (κ3) is 7.21. The second kappa shape index (κ2) is 10.6. The maximum absolute atomic E-state index is 12.8. The van der Waals surface area contributed by atoms with E-state index in [2.05, 4.69) is 0 Å². The first-order valence-electron chi connectivity index (χ1n) is 12.0. The number of esters is 1. The number of ether oxygens (including phenoxy) is 2. The molecule has 2 aliphatic rings. The Hall–Kier alpha value is -2.57. The van der Waals surface area contributed by atoms with E-state index in [0.717, 1.165) is 49.9 Å². The highest BCUT2D eigenvalue weighted by Gasteiger charge is 2.37. The van der Waals surface area contributed by atoms with Gasteiger partial charge >= 0.3 is 12.1 Å². The highest BCUT2D eigenvalue weighted by Crippen LogP contribution is 2.31. The number of hydrogen-bond donors (Lipinski definition) is 0. The van der Waals surface area contributed by atoms with Crippen LogP contribution in [0.1, 0.15) is 74.4 Å². The second-order valence-electron chi connectivity index (χ2n) is 10.3. The van der Waals surface area contributed by atoms with Gasteiger partial charge in [-0.1, -0.05) is 6.07 Å². The number of hydrogen-bond acceptors (Lipinski definition) is 5. The number of rotatable bonds is 7. The lowest BCUT2D eigenvalue weighted by molar-refractivity contribution is -0.132. The maximum Gasteiger partial charge on any atom is 0.410 e. The van der Waals surface area contributed by atoms with Gasteiger partial charge in [0, 0.05) is 32.1 Å². The molecule has 33 heavy (non-hydrogen) atoms. The number of nitrogens with zero attached hydrogens (tertiary/aromatic N) is 2. The van der Waals surface area contributed by atoms with E-state index in [1.807, 2.05) is 49.6 Å². The molecule has 3 rings (SSSR count). The maximum atomic E-state index is 12.8. The molecule has 1 aliphatic carbocycles. The number of methoxy groups -OCH3 is 1. The van der Waals surface area contributed by atoms with Crippen molar-refractivity contribution in [3.05, 3.63) is 34.9 Å². The largest absolute Gasteiger partial charge is 0.465 e. The fourth-order valence-electron chi connectivity index (χ4n) is 4.34. The molecular formula is C26H38N2O5. The Kier molecular flexibility index (Phi) is 8.03. The number of carbonyl (C=O) groups is 3. The summed E-state index contributed by atoms with van der Waals surface area (Å²) in [6.07, 6.45) is 4.81. The number of piperidine rings is 1. The molecule has 0 atom stereocenters. The predicted molar refractivity (Wildman–Crippen MR) is 126 cm³/mol. The molecule has 7 nitrogen and oxygen atoms in total. The number of carbonyl (C=O) groups excluding carboxylic acids is 3. The van der Waals surface area contributed by atoms with E-state index in [1.165, 1.54) is 7.11 Å². The van der Waals surface area contributed by atoms with Gasteiger partial charge in [0.1, 0.15) is 5.60 Å². The molecule has 0 radical (unpaired) electrons. The van der Waals surface area contributed by atoms with E-state index >= 15 is 0 Å². The second-order valence-corrected chi connectivity index (χ2v) is 10.3. The van der Waals surface area contributed by atoms with Crippen LogP contribution < -0.4 is 0 Å². The Morgan fingerprint density at radius 1 is 1.09 bits per heavy atom. The van der Waals surface area contributed by atoms with Gasteiger partial charge in [-0.05, 0) is 89.0 Å². The van der Waals surface area contributed by atoms with E-state index < -0.39 is 5.60 Å². The van der Waals surface area contributed by atoms with Gasteiger partial charge in [0.05, 0.1) is 12.7 Å². The van der Waals surface area contributed by atoms with Gasteiger partial charge in [0.2, 0.25) is 5.91 Å². The van der Waals surface area contributed by atoms with Crippen molar-refractivity contribution < 1.29 is 23.9 Å². The van der Waals surface area contributed by atoms with Crippen LogP contribution in [0.3, 0.4) is 0 Å². The molecule has 0 unspecified atom stereocenters. The molecule has 2 amide bonds. The first kappa shape index (κ1) is 25.1. The standard InChI is InChI=1S/C26H38N2O5/c1-18-16-21(24(30)32-5)7-6-20(18)8-11-23(29)27-14-12-19(13-15-27)17-28(22-9-10-22)25(31)33-26(2,3)4/h6-7,16,19,22H,8-15,17H2,1-5H3. The molecule has 0 N–H and O–H groups in total. The van der Waals surface area contributed by atoms with Gasteiger partial charge in [-0.25, -0.2) is 9.59 Å². The fraction of sp³-hybridized carbons (Fsp3) is 0.654. The van der Waals surface area contributed by atoms with Gasteiger partial charge in [0.15, 0.2) is 0 Å². The first-order valence-corrected chi connectivity index (χ1v) is 12.0. The normalized spacial score (nSPS) is 16.9. The molecule has 0 spiro atoms. The molecule has 0 aromatic heterocycles. The monoisotopic (exact) mass is 458 g/mol. The van der Waals surface area contributed by atoms with Gasteiger partial charge < -0.3 is 19.3 Å². The lowest BCUT2D eigenvalue weighted by Crippen LogP contribution is -2.45. The minimum atomic E-state index is -0.488. The van der Waals surface area contributed by atoms with Crippen LogP contribution in [0.4, 0.5) is 4.79 Å². The fourth-order valence-corrected chi connectivity index (χ4v) is 4.34. The third-order valence-electron chi connectivity index (χ3n) is 6.41. The molecule has 1 aromatic rings. The Labute approximate surface area is 197 Å². The summed E-state index contributed by atoms with van der Waals surface area (Å²) < 4.78 is 10.4. The summed E-state index contributed by atoms with van der Waals surface area (Å²) in [4.78, 5) is 40.9. The molecule has 2 fully saturated rings. The van der Waals surface area contributed by atoms with E-state index in [-0.39, 0.29) is 18.0 Å². The number of likely N-dealkylation sites (tertiary alicyclic amines) is 1. The molecule has 7 heteroatoms. The summed E-state index contributed by atoms with van der Waals surface area (Å²) in [5.74, 6) is 0.210. The van der Waals surface area contributed by atoms with Crippen LogP contribution >= 0.6 is 0 Å². The smallest absolute Gasteiger partial charge is 0.410 e. The number of amides is 2. The van der Waals surface area contributed by atoms with Crippen LogP contribution in [0.15, 0.2) is 18.2 Å². The van der Waals surface area contributed by atoms with Crippen molar-refractivity contribution in [2.45, 2.75) is 77.9 Å². The molecule has 0 bridgehead atoms. The third-order valence-corrected chi connectivity index (χ3v) is 6.41. The summed E-state index contributed by atoms with van der Waals surface area (Å²) in [5, 5.41) is 0. The zero-order valence-corrected chi connectivity index (χ0v) is 20.7. The van der Waals surface area contributed by atoms with Crippen molar-refractivity contribution in [2.75, 3.05) is 26.7 Å². The van der Waals surface area contributed by atoms with Crippen LogP contribution in [0.25, 0.3) is 0 Å². The number of benzene rings is 1. The van der Waals surface area contributed by atoms with Gasteiger partial charge in [-0.15, -0.1) is 0 Å². The number of aryl methyl sites for hydroxylation is 2. The van der Waals surface area contributed by atoms with Crippen LogP contribution in [-0.2, 0) is 20.7 Å². The quantitative estimate of drug-likeness (QED) is 0.568. The molecule has 1 saturated heterocycles. The molecular weight excluding hydrogens is 420 g/mol. The van der Waals surface area contributed by atoms with Gasteiger partial charge in [0.25, 0.3) is 0 Å². The molecule has 1 saturated carbocycles. The highest BCUT2D eigenvalue weighted by atomic mass is 16.6. The molecule has 1 aliphatic heterocycles. The lowest BCUT2D eigenvalue weighted by atomic mass is 9.95. The van der Waals surface area contributed by atoms with E-state index in [4.69, 9.17) is 9.47 Å². The van der Waals surface area contributed by atoms with E-state index in [9.17, 15) is 14.4 Å².